The highest BCUT2D eigenvalue weighted by Crippen LogP contribution is 2.55. The zero-order valence-corrected chi connectivity index (χ0v) is 17.8. The van der Waals surface area contributed by atoms with Crippen molar-refractivity contribution in [3.8, 4) is 5.75 Å². The minimum absolute atomic E-state index is 0.0150. The van der Waals surface area contributed by atoms with Gasteiger partial charge in [-0.15, -0.1) is 0 Å². The number of hydrogen-bond acceptors (Lipinski definition) is 3. The van der Waals surface area contributed by atoms with Gasteiger partial charge in [0.2, 0.25) is 0 Å². The first-order valence-corrected chi connectivity index (χ1v) is 10.4. The molecule has 4 nitrogen and oxygen atoms in total. The minimum Gasteiger partial charge on any atom is -0.404 e. The highest BCUT2D eigenvalue weighted by atomic mass is 31.2. The lowest BCUT2D eigenvalue weighted by molar-refractivity contribution is -0.00998. The van der Waals surface area contributed by atoms with Crippen LogP contribution in [0.1, 0.15) is 53.5 Å². The molecule has 2 unspecified atom stereocenters. The SMILES string of the molecule is Cc1ccccc1OP(=O)(O)OC1(C(C)(C)C)C=CC(C(C)(C)C)=CC1. The maximum absolute atomic E-state index is 12.8. The summed E-state index contributed by atoms with van der Waals surface area (Å²) in [5, 5.41) is 0. The molecule has 1 aromatic carbocycles. The maximum Gasteiger partial charge on any atom is 0.528 e. The number of benzene rings is 1. The van der Waals surface area contributed by atoms with E-state index in [-0.39, 0.29) is 5.41 Å². The van der Waals surface area contributed by atoms with Crippen molar-refractivity contribution >= 4 is 7.82 Å². The Morgan fingerprint density at radius 3 is 2.19 bits per heavy atom. The third-order valence-electron chi connectivity index (χ3n) is 4.88. The smallest absolute Gasteiger partial charge is 0.404 e. The number of phosphoric ester groups is 1. The minimum atomic E-state index is -4.31. The van der Waals surface area contributed by atoms with Gasteiger partial charge in [-0.25, -0.2) is 4.57 Å². The van der Waals surface area contributed by atoms with Crippen LogP contribution in [0.4, 0.5) is 0 Å². The van der Waals surface area contributed by atoms with Gasteiger partial charge in [-0.2, -0.15) is 0 Å². The van der Waals surface area contributed by atoms with Gasteiger partial charge in [0, 0.05) is 0 Å². The van der Waals surface area contributed by atoms with Crippen LogP contribution in [-0.4, -0.2) is 10.5 Å². The third-order valence-corrected chi connectivity index (χ3v) is 5.86. The maximum atomic E-state index is 12.8. The van der Waals surface area contributed by atoms with E-state index in [2.05, 4.69) is 26.8 Å². The molecule has 0 aromatic heterocycles. The van der Waals surface area contributed by atoms with Crippen LogP contribution in [0.5, 0.6) is 5.75 Å². The summed E-state index contributed by atoms with van der Waals surface area (Å²) in [5.74, 6) is 0.355. The standard InChI is InChI=1S/C21H31O4P/c1-16-10-8-9-11-18(16)24-26(22,23)25-21(20(5,6)7)14-12-17(13-15-21)19(2,3)4/h8-14H,15H2,1-7H3,(H,22,23). The Hall–Kier alpha value is -1.35. The fraction of sp³-hybridized carbons (Fsp3) is 0.524. The molecule has 0 spiro atoms. The molecule has 0 aliphatic heterocycles. The van der Waals surface area contributed by atoms with Crippen LogP contribution in [0.15, 0.2) is 48.1 Å². The molecule has 0 heterocycles. The molecule has 1 aliphatic carbocycles. The summed E-state index contributed by atoms with van der Waals surface area (Å²) in [4.78, 5) is 10.5. The summed E-state index contributed by atoms with van der Waals surface area (Å²) in [6.45, 7) is 14.3. The summed E-state index contributed by atoms with van der Waals surface area (Å²) in [6.07, 6.45) is 6.53. The molecule has 0 amide bonds. The van der Waals surface area contributed by atoms with Gasteiger partial charge in [0.15, 0.2) is 0 Å². The third kappa shape index (κ3) is 4.68. The number of para-hydroxylation sites is 1. The molecule has 0 fully saturated rings. The van der Waals surface area contributed by atoms with E-state index in [9.17, 15) is 9.46 Å². The normalized spacial score (nSPS) is 23.3. The van der Waals surface area contributed by atoms with Crippen molar-refractivity contribution in [2.45, 2.75) is 60.5 Å². The van der Waals surface area contributed by atoms with Crippen molar-refractivity contribution in [3.05, 3.63) is 53.6 Å². The summed E-state index contributed by atoms with van der Waals surface area (Å²) < 4.78 is 24.0. The molecule has 0 saturated heterocycles. The quantitative estimate of drug-likeness (QED) is 0.633. The Morgan fingerprint density at radius 1 is 1.12 bits per heavy atom. The monoisotopic (exact) mass is 378 g/mol. The Kier molecular flexibility index (Phi) is 5.64. The van der Waals surface area contributed by atoms with Gasteiger partial charge in [0.05, 0.1) is 0 Å². The van der Waals surface area contributed by atoms with E-state index in [1.807, 2.05) is 52.0 Å². The Labute approximate surface area is 157 Å². The van der Waals surface area contributed by atoms with Gasteiger partial charge in [-0.05, 0) is 41.4 Å². The van der Waals surface area contributed by atoms with Gasteiger partial charge in [0.25, 0.3) is 0 Å². The van der Waals surface area contributed by atoms with Crippen LogP contribution in [0.2, 0.25) is 0 Å². The van der Waals surface area contributed by atoms with E-state index in [4.69, 9.17) is 9.05 Å². The molecule has 1 aliphatic rings. The fourth-order valence-electron chi connectivity index (χ4n) is 2.95. The first-order chi connectivity index (χ1) is 11.8. The first-order valence-electron chi connectivity index (χ1n) is 8.94. The van der Waals surface area contributed by atoms with Gasteiger partial charge < -0.3 is 4.52 Å². The predicted molar refractivity (Wildman–Crippen MR) is 106 cm³/mol. The molecule has 5 heteroatoms. The number of aryl methyl sites for hydroxylation is 1. The molecule has 144 valence electrons. The van der Waals surface area contributed by atoms with Crippen LogP contribution >= 0.6 is 7.82 Å². The van der Waals surface area contributed by atoms with Crippen molar-refractivity contribution < 1.29 is 18.5 Å². The molecule has 1 aromatic rings. The van der Waals surface area contributed by atoms with Crippen molar-refractivity contribution in [1.29, 1.82) is 0 Å². The second-order valence-corrected chi connectivity index (χ2v) is 10.3. The van der Waals surface area contributed by atoms with Gasteiger partial charge >= 0.3 is 7.82 Å². The second-order valence-electron chi connectivity index (χ2n) is 9.00. The second kappa shape index (κ2) is 6.99. The zero-order chi connectivity index (χ0) is 19.8. The summed E-state index contributed by atoms with van der Waals surface area (Å²) in [6, 6.07) is 7.11. The Morgan fingerprint density at radius 2 is 1.73 bits per heavy atom. The van der Waals surface area contributed by atoms with Crippen molar-refractivity contribution in [2.75, 3.05) is 0 Å². The lowest BCUT2D eigenvalue weighted by Gasteiger charge is -2.44. The van der Waals surface area contributed by atoms with E-state index >= 15 is 0 Å². The molecule has 2 rings (SSSR count). The molecule has 0 radical (unpaired) electrons. The summed E-state index contributed by atoms with van der Waals surface area (Å²) in [5.41, 5.74) is 0.671. The molecule has 1 N–H and O–H groups in total. The average molecular weight is 378 g/mol. The van der Waals surface area contributed by atoms with Gasteiger partial charge in [-0.1, -0.05) is 78.0 Å². The van der Waals surface area contributed by atoms with E-state index in [1.165, 1.54) is 5.57 Å². The number of allylic oxidation sites excluding steroid dienone is 2. The average Bonchev–Trinajstić information content (AvgIpc) is 2.47. The predicted octanol–water partition coefficient (Wildman–Crippen LogP) is 6.21. The zero-order valence-electron chi connectivity index (χ0n) is 16.9. The lowest BCUT2D eigenvalue weighted by atomic mass is 9.70. The van der Waals surface area contributed by atoms with E-state index in [0.29, 0.717) is 12.2 Å². The Balaban J connectivity index is 2.30. The van der Waals surface area contributed by atoms with Crippen LogP contribution in [0.25, 0.3) is 0 Å². The van der Waals surface area contributed by atoms with Gasteiger partial charge in [0.1, 0.15) is 11.4 Å². The molecule has 0 bridgehead atoms. The van der Waals surface area contributed by atoms with Gasteiger partial charge in [-0.3, -0.25) is 9.42 Å². The summed E-state index contributed by atoms with van der Waals surface area (Å²) in [7, 11) is -4.31. The molecule has 26 heavy (non-hydrogen) atoms. The van der Waals surface area contributed by atoms with Crippen LogP contribution in [0, 0.1) is 17.8 Å². The van der Waals surface area contributed by atoms with Crippen molar-refractivity contribution in [2.24, 2.45) is 10.8 Å². The highest BCUT2D eigenvalue weighted by Gasteiger charge is 2.48. The number of phosphoric acid groups is 1. The first kappa shape index (κ1) is 21.0. The summed E-state index contributed by atoms with van der Waals surface area (Å²) >= 11 is 0. The van der Waals surface area contributed by atoms with E-state index < -0.39 is 18.8 Å². The molecule has 0 saturated carbocycles. The topological polar surface area (TPSA) is 55.8 Å². The lowest BCUT2D eigenvalue weighted by Crippen LogP contribution is -2.44. The van der Waals surface area contributed by atoms with E-state index in [1.54, 1.807) is 12.1 Å². The largest absolute Gasteiger partial charge is 0.528 e. The molecular weight excluding hydrogens is 347 g/mol. The highest BCUT2D eigenvalue weighted by molar-refractivity contribution is 7.47. The number of rotatable bonds is 4. The van der Waals surface area contributed by atoms with Crippen LogP contribution < -0.4 is 4.52 Å². The van der Waals surface area contributed by atoms with Crippen LogP contribution in [-0.2, 0) is 9.09 Å². The van der Waals surface area contributed by atoms with Crippen LogP contribution in [0.3, 0.4) is 0 Å². The van der Waals surface area contributed by atoms with Crippen molar-refractivity contribution in [1.82, 2.24) is 0 Å². The molecule has 2 atom stereocenters. The molecular formula is C21H31O4P. The Bertz CT molecular complexity index is 765. The van der Waals surface area contributed by atoms with E-state index in [0.717, 1.165) is 5.56 Å². The number of hydrogen-bond donors (Lipinski definition) is 1. The van der Waals surface area contributed by atoms with Crippen molar-refractivity contribution in [3.63, 3.8) is 0 Å². The fourth-order valence-corrected chi connectivity index (χ4v) is 4.26.